The Balaban J connectivity index is 1.70. The molecule has 0 spiro atoms. The molecule has 1 aromatic rings. The standard InChI is InChI=1S/C17H21ClN2O3S/c1-10-15(11-6-8-12(18)9-7-11)24-17(23)20(10)16(22)19-13-4-2-3-5-14(13)21/h6-10,13-15,21H,2-5H2,1H3,(H,19,22). The molecular formula is C17H21ClN2O3S. The fraction of sp³-hybridized carbons (Fsp3) is 0.529. The number of nitrogens with zero attached hydrogens (tertiary/aromatic N) is 1. The smallest absolute Gasteiger partial charge is 0.325 e. The number of hydrogen-bond acceptors (Lipinski definition) is 4. The third kappa shape index (κ3) is 3.55. The highest BCUT2D eigenvalue weighted by Crippen LogP contribution is 2.43. The number of nitrogens with one attached hydrogen (secondary N) is 1. The number of benzene rings is 1. The number of imide groups is 1. The fourth-order valence-corrected chi connectivity index (χ4v) is 4.66. The van der Waals surface area contributed by atoms with E-state index in [9.17, 15) is 14.7 Å². The Bertz CT molecular complexity index is 625. The minimum atomic E-state index is -0.532. The van der Waals surface area contributed by atoms with Crippen LogP contribution in [-0.4, -0.2) is 39.5 Å². The number of carbonyl (C=O) groups excluding carboxylic acids is 2. The van der Waals surface area contributed by atoms with E-state index in [2.05, 4.69) is 5.32 Å². The molecule has 5 nitrogen and oxygen atoms in total. The van der Waals surface area contributed by atoms with Gasteiger partial charge in [0, 0.05) is 5.02 Å². The minimum Gasteiger partial charge on any atom is -0.391 e. The highest BCUT2D eigenvalue weighted by Gasteiger charge is 2.43. The van der Waals surface area contributed by atoms with Crippen molar-refractivity contribution in [2.45, 2.75) is 56.0 Å². The molecule has 4 atom stereocenters. The molecule has 3 amide bonds. The molecule has 1 saturated carbocycles. The van der Waals surface area contributed by atoms with E-state index in [1.54, 1.807) is 12.1 Å². The second kappa shape index (κ2) is 7.33. The van der Waals surface area contributed by atoms with Crippen LogP contribution in [0.3, 0.4) is 0 Å². The lowest BCUT2D eigenvalue weighted by atomic mass is 9.93. The zero-order chi connectivity index (χ0) is 17.3. The maximum absolute atomic E-state index is 12.6. The second-order valence-corrected chi connectivity index (χ2v) is 7.90. The Labute approximate surface area is 150 Å². The van der Waals surface area contributed by atoms with E-state index in [-0.39, 0.29) is 22.6 Å². The predicted molar refractivity (Wildman–Crippen MR) is 95.3 cm³/mol. The van der Waals surface area contributed by atoms with Gasteiger partial charge in [0.05, 0.1) is 23.4 Å². The molecule has 2 fully saturated rings. The predicted octanol–water partition coefficient (Wildman–Crippen LogP) is 3.95. The van der Waals surface area contributed by atoms with E-state index in [1.807, 2.05) is 19.1 Å². The Morgan fingerprint density at radius 3 is 2.62 bits per heavy atom. The summed E-state index contributed by atoms with van der Waals surface area (Å²) in [5, 5.41) is 13.1. The zero-order valence-corrected chi connectivity index (χ0v) is 15.0. The van der Waals surface area contributed by atoms with Gasteiger partial charge in [0.15, 0.2) is 0 Å². The number of aliphatic hydroxyl groups is 1. The largest absolute Gasteiger partial charge is 0.391 e. The highest BCUT2D eigenvalue weighted by atomic mass is 35.5. The summed E-state index contributed by atoms with van der Waals surface area (Å²) in [7, 11) is 0. The van der Waals surface area contributed by atoms with E-state index < -0.39 is 12.1 Å². The van der Waals surface area contributed by atoms with E-state index in [0.717, 1.165) is 36.6 Å². The first-order chi connectivity index (χ1) is 11.5. The maximum Gasteiger partial charge on any atom is 0.325 e. The van der Waals surface area contributed by atoms with Crippen molar-refractivity contribution in [3.8, 4) is 0 Å². The summed E-state index contributed by atoms with van der Waals surface area (Å²) in [4.78, 5) is 26.2. The molecule has 0 radical (unpaired) electrons. The number of rotatable bonds is 2. The first kappa shape index (κ1) is 17.6. The second-order valence-electron chi connectivity index (χ2n) is 6.37. The summed E-state index contributed by atoms with van der Waals surface area (Å²) in [6.45, 7) is 1.87. The van der Waals surface area contributed by atoms with Crippen LogP contribution in [0, 0.1) is 0 Å². The molecule has 7 heteroatoms. The fourth-order valence-electron chi connectivity index (χ4n) is 3.34. The molecular weight excluding hydrogens is 348 g/mol. The van der Waals surface area contributed by atoms with E-state index in [1.165, 1.54) is 4.90 Å². The average molecular weight is 369 g/mol. The van der Waals surface area contributed by atoms with Crippen LogP contribution in [0.5, 0.6) is 0 Å². The Kier molecular flexibility index (Phi) is 5.37. The molecule has 1 aliphatic carbocycles. The van der Waals surface area contributed by atoms with Crippen LogP contribution in [0.25, 0.3) is 0 Å². The Hall–Kier alpha value is -1.24. The van der Waals surface area contributed by atoms with Crippen LogP contribution >= 0.6 is 23.4 Å². The first-order valence-electron chi connectivity index (χ1n) is 8.21. The van der Waals surface area contributed by atoms with Gasteiger partial charge in [0.25, 0.3) is 5.24 Å². The van der Waals surface area contributed by atoms with Crippen LogP contribution in [-0.2, 0) is 0 Å². The van der Waals surface area contributed by atoms with Gasteiger partial charge in [-0.05, 0) is 37.5 Å². The number of hydrogen-bond donors (Lipinski definition) is 2. The molecule has 2 N–H and O–H groups in total. The van der Waals surface area contributed by atoms with Gasteiger partial charge < -0.3 is 10.4 Å². The molecule has 1 aliphatic heterocycles. The topological polar surface area (TPSA) is 69.6 Å². The summed E-state index contributed by atoms with van der Waals surface area (Å²) in [6, 6.07) is 6.40. The van der Waals surface area contributed by atoms with E-state index in [0.29, 0.717) is 11.4 Å². The SMILES string of the molecule is CC1C(c2ccc(Cl)cc2)SC(=O)N1C(=O)NC1CCCCC1O. The maximum atomic E-state index is 12.6. The zero-order valence-electron chi connectivity index (χ0n) is 13.4. The molecule has 4 unspecified atom stereocenters. The highest BCUT2D eigenvalue weighted by molar-refractivity contribution is 8.14. The molecule has 0 aromatic heterocycles. The van der Waals surface area contributed by atoms with Gasteiger partial charge in [-0.15, -0.1) is 0 Å². The van der Waals surface area contributed by atoms with E-state index in [4.69, 9.17) is 11.6 Å². The minimum absolute atomic E-state index is 0.114. The van der Waals surface area contributed by atoms with Crippen molar-refractivity contribution in [1.29, 1.82) is 0 Å². The summed E-state index contributed by atoms with van der Waals surface area (Å²) < 4.78 is 0. The van der Waals surface area contributed by atoms with Gasteiger partial charge in [-0.1, -0.05) is 48.3 Å². The molecule has 1 heterocycles. The molecule has 1 saturated heterocycles. The molecule has 3 rings (SSSR count). The van der Waals surface area contributed by atoms with Crippen LogP contribution < -0.4 is 5.32 Å². The lowest BCUT2D eigenvalue weighted by molar-refractivity contribution is 0.0904. The van der Waals surface area contributed by atoms with Gasteiger partial charge in [0.1, 0.15) is 0 Å². The van der Waals surface area contributed by atoms with Crippen molar-refractivity contribution in [3.05, 3.63) is 34.9 Å². The summed E-state index contributed by atoms with van der Waals surface area (Å²) >= 11 is 7.07. The summed E-state index contributed by atoms with van der Waals surface area (Å²) in [5.41, 5.74) is 0.971. The number of amides is 3. The van der Waals surface area contributed by atoms with Gasteiger partial charge in [0.2, 0.25) is 0 Å². The Morgan fingerprint density at radius 1 is 1.29 bits per heavy atom. The monoisotopic (exact) mass is 368 g/mol. The number of halogens is 1. The van der Waals surface area contributed by atoms with Gasteiger partial charge >= 0.3 is 6.03 Å². The van der Waals surface area contributed by atoms with Crippen molar-refractivity contribution in [2.75, 3.05) is 0 Å². The van der Waals surface area contributed by atoms with Crippen molar-refractivity contribution in [2.24, 2.45) is 0 Å². The molecule has 24 heavy (non-hydrogen) atoms. The van der Waals surface area contributed by atoms with Crippen molar-refractivity contribution in [1.82, 2.24) is 10.2 Å². The van der Waals surface area contributed by atoms with Gasteiger partial charge in [-0.3, -0.25) is 9.69 Å². The summed E-state index contributed by atoms with van der Waals surface area (Å²) in [5.74, 6) is 0. The quantitative estimate of drug-likeness (QED) is 0.829. The number of aliphatic hydroxyl groups excluding tert-OH is 1. The number of urea groups is 1. The molecule has 0 bridgehead atoms. The molecule has 2 aliphatic rings. The van der Waals surface area contributed by atoms with Crippen molar-refractivity contribution >= 4 is 34.6 Å². The number of carbonyl (C=O) groups is 2. The number of thioether (sulfide) groups is 1. The van der Waals surface area contributed by atoms with E-state index >= 15 is 0 Å². The Morgan fingerprint density at radius 2 is 1.96 bits per heavy atom. The van der Waals surface area contributed by atoms with Gasteiger partial charge in [-0.2, -0.15) is 0 Å². The lowest BCUT2D eigenvalue weighted by Gasteiger charge is -2.31. The van der Waals surface area contributed by atoms with Crippen molar-refractivity contribution < 1.29 is 14.7 Å². The van der Waals surface area contributed by atoms with Gasteiger partial charge in [-0.25, -0.2) is 4.79 Å². The summed E-state index contributed by atoms with van der Waals surface area (Å²) in [6.07, 6.45) is 2.86. The van der Waals surface area contributed by atoms with Crippen LogP contribution in [0.2, 0.25) is 5.02 Å². The third-order valence-electron chi connectivity index (χ3n) is 4.73. The van der Waals surface area contributed by atoms with Crippen molar-refractivity contribution in [3.63, 3.8) is 0 Å². The normalized spacial score (nSPS) is 30.5. The average Bonchev–Trinajstić information content (AvgIpc) is 2.85. The van der Waals surface area contributed by atoms with Crippen LogP contribution in [0.15, 0.2) is 24.3 Å². The molecule has 130 valence electrons. The third-order valence-corrected chi connectivity index (χ3v) is 6.30. The molecule has 1 aromatic carbocycles. The van der Waals surface area contributed by atoms with Crippen LogP contribution in [0.1, 0.15) is 43.4 Å². The van der Waals surface area contributed by atoms with Crippen LogP contribution in [0.4, 0.5) is 9.59 Å². The lowest BCUT2D eigenvalue weighted by Crippen LogP contribution is -2.52. The first-order valence-corrected chi connectivity index (χ1v) is 9.47.